The van der Waals surface area contributed by atoms with Crippen LogP contribution in [-0.2, 0) is 0 Å². The van der Waals surface area contributed by atoms with Gasteiger partial charge in [-0.1, -0.05) is 24.3 Å². The maximum atomic E-state index is 9.36. The molecule has 19 heavy (non-hydrogen) atoms. The highest BCUT2D eigenvalue weighted by molar-refractivity contribution is 5.96. The van der Waals surface area contributed by atoms with Crippen molar-refractivity contribution < 1.29 is 9.84 Å². The molecule has 0 bridgehead atoms. The SMILES string of the molecule is COc1ccnc2c(-c3ccc(O)cc3)cccc12. The smallest absolute Gasteiger partial charge is 0.129 e. The Kier molecular flexibility index (Phi) is 2.80. The number of phenolic OH excluding ortho intramolecular Hbond substituents is 1. The molecular formula is C16H13NO2. The molecule has 0 amide bonds. The van der Waals surface area contributed by atoms with E-state index in [0.717, 1.165) is 27.8 Å². The van der Waals surface area contributed by atoms with Gasteiger partial charge in [0.1, 0.15) is 11.5 Å². The Morgan fingerprint density at radius 2 is 1.79 bits per heavy atom. The molecule has 3 aromatic rings. The van der Waals surface area contributed by atoms with Crippen LogP contribution in [0.1, 0.15) is 0 Å². The van der Waals surface area contributed by atoms with Crippen LogP contribution in [0.5, 0.6) is 11.5 Å². The number of benzene rings is 2. The summed E-state index contributed by atoms with van der Waals surface area (Å²) in [6, 6.07) is 14.9. The van der Waals surface area contributed by atoms with Gasteiger partial charge in [-0.05, 0) is 29.8 Å². The maximum absolute atomic E-state index is 9.36. The van der Waals surface area contributed by atoms with Crippen molar-refractivity contribution >= 4 is 10.9 Å². The summed E-state index contributed by atoms with van der Waals surface area (Å²) in [6.45, 7) is 0. The second-order valence-electron chi connectivity index (χ2n) is 4.26. The number of hydrogen-bond acceptors (Lipinski definition) is 3. The molecule has 0 aliphatic heterocycles. The second kappa shape index (κ2) is 4.61. The summed E-state index contributed by atoms with van der Waals surface area (Å²) in [5.74, 6) is 1.07. The van der Waals surface area contributed by atoms with E-state index in [-0.39, 0.29) is 5.75 Å². The lowest BCUT2D eigenvalue weighted by Gasteiger charge is -2.09. The average Bonchev–Trinajstić information content (AvgIpc) is 2.47. The Bertz CT molecular complexity index is 720. The number of rotatable bonds is 2. The third-order valence-electron chi connectivity index (χ3n) is 3.13. The predicted octanol–water partition coefficient (Wildman–Crippen LogP) is 3.62. The van der Waals surface area contributed by atoms with Crippen LogP contribution in [0.3, 0.4) is 0 Å². The number of fused-ring (bicyclic) bond motifs is 1. The first-order valence-electron chi connectivity index (χ1n) is 6.01. The number of aromatic nitrogens is 1. The molecule has 3 nitrogen and oxygen atoms in total. The molecule has 0 aliphatic rings. The van der Waals surface area contributed by atoms with Crippen molar-refractivity contribution in [2.45, 2.75) is 0 Å². The van der Waals surface area contributed by atoms with E-state index in [4.69, 9.17) is 4.74 Å². The molecule has 1 heterocycles. The van der Waals surface area contributed by atoms with Crippen LogP contribution < -0.4 is 4.74 Å². The molecule has 1 aromatic heterocycles. The molecule has 0 atom stereocenters. The molecule has 0 saturated carbocycles. The van der Waals surface area contributed by atoms with Crippen molar-refractivity contribution in [3.8, 4) is 22.6 Å². The van der Waals surface area contributed by atoms with Crippen LogP contribution in [-0.4, -0.2) is 17.2 Å². The highest BCUT2D eigenvalue weighted by atomic mass is 16.5. The summed E-state index contributed by atoms with van der Waals surface area (Å²) in [7, 11) is 1.65. The van der Waals surface area contributed by atoms with E-state index in [2.05, 4.69) is 4.98 Å². The van der Waals surface area contributed by atoms with Crippen molar-refractivity contribution in [3.63, 3.8) is 0 Å². The molecule has 3 heteroatoms. The number of nitrogens with zero attached hydrogens (tertiary/aromatic N) is 1. The Labute approximate surface area is 111 Å². The lowest BCUT2D eigenvalue weighted by Crippen LogP contribution is -1.89. The van der Waals surface area contributed by atoms with E-state index in [0.29, 0.717) is 0 Å². The van der Waals surface area contributed by atoms with Crippen molar-refractivity contribution in [1.82, 2.24) is 4.98 Å². The molecule has 2 aromatic carbocycles. The standard InChI is InChI=1S/C16H13NO2/c1-19-15-9-10-17-16-13(3-2-4-14(15)16)11-5-7-12(18)8-6-11/h2-10,18H,1H3. The summed E-state index contributed by atoms with van der Waals surface area (Å²) in [6.07, 6.45) is 1.74. The molecule has 1 N–H and O–H groups in total. The second-order valence-corrected chi connectivity index (χ2v) is 4.26. The molecule has 0 unspecified atom stereocenters. The van der Waals surface area contributed by atoms with Gasteiger partial charge < -0.3 is 9.84 Å². The zero-order chi connectivity index (χ0) is 13.2. The van der Waals surface area contributed by atoms with E-state index in [1.54, 1.807) is 25.4 Å². The fraction of sp³-hybridized carbons (Fsp3) is 0.0625. The van der Waals surface area contributed by atoms with Gasteiger partial charge in [-0.25, -0.2) is 0 Å². The molecule has 0 fully saturated rings. The molecule has 0 aliphatic carbocycles. The fourth-order valence-electron chi connectivity index (χ4n) is 2.20. The number of ether oxygens (including phenoxy) is 1. The van der Waals surface area contributed by atoms with Gasteiger partial charge >= 0.3 is 0 Å². The van der Waals surface area contributed by atoms with E-state index < -0.39 is 0 Å². The van der Waals surface area contributed by atoms with E-state index in [1.807, 2.05) is 36.4 Å². The first-order chi connectivity index (χ1) is 9.29. The lowest BCUT2D eigenvalue weighted by atomic mass is 10.0. The summed E-state index contributed by atoms with van der Waals surface area (Å²) in [4.78, 5) is 4.45. The Hall–Kier alpha value is -2.55. The molecule has 0 radical (unpaired) electrons. The predicted molar refractivity (Wildman–Crippen MR) is 75.4 cm³/mol. The van der Waals surface area contributed by atoms with E-state index in [9.17, 15) is 5.11 Å². The monoisotopic (exact) mass is 251 g/mol. The van der Waals surface area contributed by atoms with Crippen molar-refractivity contribution in [2.75, 3.05) is 7.11 Å². The quantitative estimate of drug-likeness (QED) is 0.756. The van der Waals surface area contributed by atoms with Crippen LogP contribution in [0.15, 0.2) is 54.7 Å². The van der Waals surface area contributed by atoms with Gasteiger partial charge in [0.05, 0.1) is 12.6 Å². The minimum absolute atomic E-state index is 0.259. The molecule has 0 spiro atoms. The van der Waals surface area contributed by atoms with Crippen molar-refractivity contribution in [3.05, 3.63) is 54.7 Å². The molecular weight excluding hydrogens is 238 g/mol. The van der Waals surface area contributed by atoms with Gasteiger partial charge in [0, 0.05) is 17.1 Å². The van der Waals surface area contributed by atoms with Gasteiger partial charge in [-0.15, -0.1) is 0 Å². The third-order valence-corrected chi connectivity index (χ3v) is 3.13. The van der Waals surface area contributed by atoms with Crippen LogP contribution in [0.25, 0.3) is 22.0 Å². The normalized spacial score (nSPS) is 10.6. The van der Waals surface area contributed by atoms with Gasteiger partial charge in [-0.2, -0.15) is 0 Å². The van der Waals surface area contributed by atoms with Crippen molar-refractivity contribution in [2.24, 2.45) is 0 Å². The summed E-state index contributed by atoms with van der Waals surface area (Å²) in [5, 5.41) is 10.3. The lowest BCUT2D eigenvalue weighted by molar-refractivity contribution is 0.419. The summed E-state index contributed by atoms with van der Waals surface area (Å²) < 4.78 is 5.36. The number of aromatic hydroxyl groups is 1. The highest BCUT2D eigenvalue weighted by Gasteiger charge is 2.08. The Morgan fingerprint density at radius 1 is 1.00 bits per heavy atom. The zero-order valence-corrected chi connectivity index (χ0v) is 10.5. The van der Waals surface area contributed by atoms with E-state index in [1.165, 1.54) is 0 Å². The number of pyridine rings is 1. The fourth-order valence-corrected chi connectivity index (χ4v) is 2.20. The summed E-state index contributed by atoms with van der Waals surface area (Å²) in [5.41, 5.74) is 2.94. The molecule has 94 valence electrons. The number of methoxy groups -OCH3 is 1. The minimum Gasteiger partial charge on any atom is -0.508 e. The van der Waals surface area contributed by atoms with Gasteiger partial charge in [-0.3, -0.25) is 4.98 Å². The summed E-state index contributed by atoms with van der Waals surface area (Å²) >= 11 is 0. The largest absolute Gasteiger partial charge is 0.508 e. The number of para-hydroxylation sites is 1. The van der Waals surface area contributed by atoms with Crippen LogP contribution in [0.4, 0.5) is 0 Å². The zero-order valence-electron chi connectivity index (χ0n) is 10.5. The van der Waals surface area contributed by atoms with Crippen LogP contribution in [0, 0.1) is 0 Å². The first-order valence-corrected chi connectivity index (χ1v) is 6.01. The molecule has 0 saturated heterocycles. The Morgan fingerprint density at radius 3 is 2.53 bits per heavy atom. The Balaban J connectivity index is 2.27. The highest BCUT2D eigenvalue weighted by Crippen LogP contribution is 2.32. The van der Waals surface area contributed by atoms with E-state index >= 15 is 0 Å². The van der Waals surface area contributed by atoms with Gasteiger partial charge in [0.25, 0.3) is 0 Å². The average molecular weight is 251 g/mol. The van der Waals surface area contributed by atoms with Gasteiger partial charge in [0.15, 0.2) is 0 Å². The third kappa shape index (κ3) is 1.99. The number of phenols is 1. The first kappa shape index (κ1) is 11.5. The minimum atomic E-state index is 0.259. The van der Waals surface area contributed by atoms with Gasteiger partial charge in [0.2, 0.25) is 0 Å². The topological polar surface area (TPSA) is 42.4 Å². The van der Waals surface area contributed by atoms with Crippen LogP contribution >= 0.6 is 0 Å². The molecule has 3 rings (SSSR count). The maximum Gasteiger partial charge on any atom is 0.129 e. The van der Waals surface area contributed by atoms with Crippen LogP contribution in [0.2, 0.25) is 0 Å². The number of hydrogen-bond donors (Lipinski definition) is 1. The van der Waals surface area contributed by atoms with Crippen molar-refractivity contribution in [1.29, 1.82) is 0 Å².